The third kappa shape index (κ3) is 4.66. The molecule has 0 bridgehead atoms. The number of benzene rings is 2. The van der Waals surface area contributed by atoms with Crippen molar-refractivity contribution >= 4 is 29.4 Å². The van der Waals surface area contributed by atoms with Crippen molar-refractivity contribution in [2.45, 2.75) is 13.8 Å². The normalized spacial score (nSPS) is 12.4. The highest BCUT2D eigenvalue weighted by molar-refractivity contribution is 6.21. The minimum absolute atomic E-state index is 0.0661. The number of fused-ring (bicyclic) bond motifs is 1. The standard InChI is InChI=1S/C22H22N2O7/c1-4-29-14-7-9-18(30-5-2)17(11-14)23-19(25)12-31-22(28)13-6-8-15-16(10-13)21(27)24(3)20(15)26/h6-11H,4-5,12H2,1-3H3,(H,23,25). The van der Waals surface area contributed by atoms with Crippen molar-refractivity contribution in [1.82, 2.24) is 4.90 Å². The third-order valence-electron chi connectivity index (χ3n) is 4.50. The molecular weight excluding hydrogens is 404 g/mol. The lowest BCUT2D eigenvalue weighted by Gasteiger charge is -2.13. The van der Waals surface area contributed by atoms with Gasteiger partial charge in [-0.3, -0.25) is 19.3 Å². The van der Waals surface area contributed by atoms with E-state index in [1.807, 2.05) is 13.8 Å². The summed E-state index contributed by atoms with van der Waals surface area (Å²) in [5.41, 5.74) is 0.801. The van der Waals surface area contributed by atoms with Crippen molar-refractivity contribution in [1.29, 1.82) is 0 Å². The van der Waals surface area contributed by atoms with Gasteiger partial charge in [0.15, 0.2) is 6.61 Å². The van der Waals surface area contributed by atoms with Gasteiger partial charge in [0.25, 0.3) is 17.7 Å². The van der Waals surface area contributed by atoms with E-state index in [0.717, 1.165) is 4.90 Å². The molecule has 1 heterocycles. The number of nitrogens with one attached hydrogen (secondary N) is 1. The van der Waals surface area contributed by atoms with Crippen molar-refractivity contribution in [3.8, 4) is 11.5 Å². The Morgan fingerprint density at radius 1 is 0.935 bits per heavy atom. The van der Waals surface area contributed by atoms with E-state index in [2.05, 4.69) is 5.32 Å². The van der Waals surface area contributed by atoms with Crippen molar-refractivity contribution < 1.29 is 33.4 Å². The van der Waals surface area contributed by atoms with Crippen LogP contribution in [-0.2, 0) is 9.53 Å². The van der Waals surface area contributed by atoms with Crippen LogP contribution in [0.3, 0.4) is 0 Å². The predicted molar refractivity (Wildman–Crippen MR) is 111 cm³/mol. The molecule has 31 heavy (non-hydrogen) atoms. The van der Waals surface area contributed by atoms with Gasteiger partial charge in [0.05, 0.1) is 35.6 Å². The second-order valence-electron chi connectivity index (χ2n) is 6.58. The van der Waals surface area contributed by atoms with Gasteiger partial charge in [0.2, 0.25) is 0 Å². The second-order valence-corrected chi connectivity index (χ2v) is 6.58. The first-order valence-electron chi connectivity index (χ1n) is 9.68. The number of amides is 3. The molecule has 0 unspecified atom stereocenters. The number of hydrogen-bond acceptors (Lipinski definition) is 7. The van der Waals surface area contributed by atoms with Crippen LogP contribution in [0.2, 0.25) is 0 Å². The molecule has 0 atom stereocenters. The number of imide groups is 1. The van der Waals surface area contributed by atoms with Gasteiger partial charge in [0, 0.05) is 13.1 Å². The van der Waals surface area contributed by atoms with E-state index in [1.165, 1.54) is 25.2 Å². The van der Waals surface area contributed by atoms with Crippen molar-refractivity contribution in [3.05, 3.63) is 53.1 Å². The first kappa shape index (κ1) is 21.8. The Hall–Kier alpha value is -3.88. The predicted octanol–water partition coefficient (Wildman–Crippen LogP) is 2.51. The Morgan fingerprint density at radius 2 is 1.65 bits per heavy atom. The molecule has 0 spiro atoms. The van der Waals surface area contributed by atoms with Gasteiger partial charge in [-0.15, -0.1) is 0 Å². The van der Waals surface area contributed by atoms with Crippen LogP contribution in [0.5, 0.6) is 11.5 Å². The van der Waals surface area contributed by atoms with Crippen molar-refractivity contribution in [2.75, 3.05) is 32.2 Å². The monoisotopic (exact) mass is 426 g/mol. The summed E-state index contributed by atoms with van der Waals surface area (Å²) < 4.78 is 16.0. The van der Waals surface area contributed by atoms with Crippen molar-refractivity contribution in [2.24, 2.45) is 0 Å². The van der Waals surface area contributed by atoms with Gasteiger partial charge in [-0.25, -0.2) is 4.79 Å². The van der Waals surface area contributed by atoms with E-state index in [-0.39, 0.29) is 16.7 Å². The molecule has 1 aliphatic rings. The molecular formula is C22H22N2O7. The topological polar surface area (TPSA) is 111 Å². The number of anilines is 1. The van der Waals surface area contributed by atoms with E-state index in [1.54, 1.807) is 18.2 Å². The molecule has 0 radical (unpaired) electrons. The zero-order valence-corrected chi connectivity index (χ0v) is 17.4. The Morgan fingerprint density at radius 3 is 2.35 bits per heavy atom. The lowest BCUT2D eigenvalue weighted by Crippen LogP contribution is -2.24. The zero-order chi connectivity index (χ0) is 22.5. The van der Waals surface area contributed by atoms with Crippen LogP contribution < -0.4 is 14.8 Å². The minimum atomic E-state index is -0.791. The van der Waals surface area contributed by atoms with E-state index < -0.39 is 30.3 Å². The molecule has 3 rings (SSSR count). The second kappa shape index (κ2) is 9.29. The number of rotatable bonds is 8. The summed E-state index contributed by atoms with van der Waals surface area (Å²) in [6.45, 7) is 3.97. The largest absolute Gasteiger partial charge is 0.494 e. The zero-order valence-electron chi connectivity index (χ0n) is 17.4. The quantitative estimate of drug-likeness (QED) is 0.510. The highest BCUT2D eigenvalue weighted by Gasteiger charge is 2.33. The number of nitrogens with zero attached hydrogens (tertiary/aromatic N) is 1. The summed E-state index contributed by atoms with van der Waals surface area (Å²) in [5, 5.41) is 2.63. The maximum Gasteiger partial charge on any atom is 0.338 e. The van der Waals surface area contributed by atoms with Crippen LogP contribution in [0.25, 0.3) is 0 Å². The summed E-state index contributed by atoms with van der Waals surface area (Å²) in [4.78, 5) is 49.6. The number of carbonyl (C=O) groups excluding carboxylic acids is 4. The molecule has 1 N–H and O–H groups in total. The Kier molecular flexibility index (Phi) is 6.54. The molecule has 9 nitrogen and oxygen atoms in total. The fourth-order valence-electron chi connectivity index (χ4n) is 3.03. The number of ether oxygens (including phenoxy) is 3. The molecule has 0 saturated heterocycles. The van der Waals surface area contributed by atoms with E-state index in [4.69, 9.17) is 14.2 Å². The first-order chi connectivity index (χ1) is 14.8. The van der Waals surface area contributed by atoms with Crippen LogP contribution in [0, 0.1) is 0 Å². The number of hydrogen-bond donors (Lipinski definition) is 1. The van der Waals surface area contributed by atoms with Gasteiger partial charge in [-0.2, -0.15) is 0 Å². The van der Waals surface area contributed by atoms with E-state index in [9.17, 15) is 19.2 Å². The molecule has 162 valence electrons. The summed E-state index contributed by atoms with van der Waals surface area (Å²) in [6.07, 6.45) is 0. The van der Waals surface area contributed by atoms with Gasteiger partial charge in [0.1, 0.15) is 11.5 Å². The highest BCUT2D eigenvalue weighted by atomic mass is 16.5. The maximum atomic E-state index is 12.3. The lowest BCUT2D eigenvalue weighted by molar-refractivity contribution is -0.119. The molecule has 2 aromatic rings. The van der Waals surface area contributed by atoms with E-state index >= 15 is 0 Å². The average molecular weight is 426 g/mol. The van der Waals surface area contributed by atoms with Crippen molar-refractivity contribution in [3.63, 3.8) is 0 Å². The summed E-state index contributed by atoms with van der Waals surface area (Å²) in [6, 6.07) is 9.08. The Labute approximate surface area is 178 Å². The van der Waals surface area contributed by atoms with Crippen LogP contribution in [0.4, 0.5) is 5.69 Å². The molecule has 0 fully saturated rings. The molecule has 2 aromatic carbocycles. The SMILES string of the molecule is CCOc1ccc(OCC)c(NC(=O)COC(=O)c2ccc3c(c2)C(=O)N(C)C3=O)c1. The van der Waals surface area contributed by atoms with Crippen LogP contribution in [0.15, 0.2) is 36.4 Å². The number of esters is 1. The molecule has 0 saturated carbocycles. The lowest BCUT2D eigenvalue weighted by atomic mass is 10.1. The molecule has 9 heteroatoms. The van der Waals surface area contributed by atoms with Crippen LogP contribution >= 0.6 is 0 Å². The molecule has 0 aliphatic carbocycles. The Bertz CT molecular complexity index is 1050. The molecule has 1 aliphatic heterocycles. The Balaban J connectivity index is 1.65. The number of carbonyl (C=O) groups is 4. The van der Waals surface area contributed by atoms with Crippen LogP contribution in [0.1, 0.15) is 44.9 Å². The van der Waals surface area contributed by atoms with Gasteiger partial charge in [-0.05, 0) is 44.2 Å². The van der Waals surface area contributed by atoms with Gasteiger partial charge >= 0.3 is 5.97 Å². The fourth-order valence-corrected chi connectivity index (χ4v) is 3.03. The summed E-state index contributed by atoms with van der Waals surface area (Å²) >= 11 is 0. The first-order valence-corrected chi connectivity index (χ1v) is 9.68. The molecule has 0 aromatic heterocycles. The minimum Gasteiger partial charge on any atom is -0.494 e. The maximum absolute atomic E-state index is 12.3. The smallest absolute Gasteiger partial charge is 0.338 e. The third-order valence-corrected chi connectivity index (χ3v) is 4.50. The summed E-state index contributed by atoms with van der Waals surface area (Å²) in [7, 11) is 1.37. The summed E-state index contributed by atoms with van der Waals surface area (Å²) in [5.74, 6) is -1.28. The molecule has 3 amide bonds. The highest BCUT2D eigenvalue weighted by Crippen LogP contribution is 2.29. The van der Waals surface area contributed by atoms with Crippen LogP contribution in [-0.4, -0.2) is 55.5 Å². The van der Waals surface area contributed by atoms with Gasteiger partial charge in [-0.1, -0.05) is 0 Å². The van der Waals surface area contributed by atoms with Gasteiger partial charge < -0.3 is 19.5 Å². The van der Waals surface area contributed by atoms with E-state index in [0.29, 0.717) is 30.4 Å². The average Bonchev–Trinajstić information content (AvgIpc) is 2.98. The fraction of sp³-hybridized carbons (Fsp3) is 0.273.